The molecule has 0 fully saturated rings. The number of oxime groups is 1. The van der Waals surface area contributed by atoms with Crippen molar-refractivity contribution in [1.82, 2.24) is 5.32 Å². The number of amides is 1. The van der Waals surface area contributed by atoms with E-state index < -0.39 is 5.91 Å². The number of benzene rings is 1. The molecule has 92 valence electrons. The molecule has 0 radical (unpaired) electrons. The zero-order chi connectivity index (χ0) is 13.4. The van der Waals surface area contributed by atoms with Crippen molar-refractivity contribution in [1.29, 1.82) is 5.26 Å². The number of carbonyl (C=O) groups excluding carboxylic acids is 1. The van der Waals surface area contributed by atoms with Gasteiger partial charge in [0.1, 0.15) is 23.7 Å². The van der Waals surface area contributed by atoms with Gasteiger partial charge in [-0.25, -0.2) is 0 Å². The van der Waals surface area contributed by atoms with Crippen LogP contribution in [0.2, 0.25) is 0 Å². The van der Waals surface area contributed by atoms with Crippen LogP contribution in [0, 0.1) is 11.3 Å². The van der Waals surface area contributed by atoms with E-state index >= 15 is 0 Å². The molecule has 1 rings (SSSR count). The van der Waals surface area contributed by atoms with Crippen molar-refractivity contribution in [3.63, 3.8) is 0 Å². The second kappa shape index (κ2) is 6.70. The largest absolute Gasteiger partial charge is 0.497 e. The third kappa shape index (κ3) is 3.64. The van der Waals surface area contributed by atoms with Gasteiger partial charge in [0, 0.05) is 0 Å². The highest BCUT2D eigenvalue weighted by atomic mass is 16.5. The molecule has 0 aliphatic rings. The summed E-state index contributed by atoms with van der Waals surface area (Å²) in [7, 11) is 1.55. The molecule has 0 aliphatic carbocycles. The number of nitrogens with one attached hydrogen (secondary N) is 1. The molecule has 0 saturated heterocycles. The topological polar surface area (TPSA) is 94.7 Å². The molecular formula is C12H11N3O3. The number of carbonyl (C=O) groups is 1. The van der Waals surface area contributed by atoms with Crippen molar-refractivity contribution >= 4 is 18.3 Å². The standard InChI is InChI=1S/C12H11N3O3/c1-18-11-4-2-9(3-5-11)6-10(7-13)12(16)14-8-15-17/h2-6,8,17H,1H3,(H,14,15,16)/b10-6+. The summed E-state index contributed by atoms with van der Waals surface area (Å²) in [5.41, 5.74) is 0.587. The van der Waals surface area contributed by atoms with E-state index in [1.54, 1.807) is 37.4 Å². The van der Waals surface area contributed by atoms with E-state index in [1.807, 2.05) is 0 Å². The normalized spacial score (nSPS) is 11.0. The summed E-state index contributed by atoms with van der Waals surface area (Å²) in [5.74, 6) is 0.0358. The highest BCUT2D eigenvalue weighted by molar-refractivity contribution is 6.06. The molecule has 6 heteroatoms. The van der Waals surface area contributed by atoms with Crippen molar-refractivity contribution in [2.24, 2.45) is 5.16 Å². The average Bonchev–Trinajstić information content (AvgIpc) is 2.42. The van der Waals surface area contributed by atoms with Crippen LogP contribution in [0.25, 0.3) is 6.08 Å². The first-order chi connectivity index (χ1) is 8.71. The zero-order valence-corrected chi connectivity index (χ0v) is 9.62. The Balaban J connectivity index is 2.90. The second-order valence-corrected chi connectivity index (χ2v) is 3.16. The first-order valence-corrected chi connectivity index (χ1v) is 4.94. The van der Waals surface area contributed by atoms with Gasteiger partial charge in [0.15, 0.2) is 0 Å². The van der Waals surface area contributed by atoms with Crippen LogP contribution in [-0.2, 0) is 4.79 Å². The minimum Gasteiger partial charge on any atom is -0.497 e. The summed E-state index contributed by atoms with van der Waals surface area (Å²) < 4.78 is 4.99. The molecule has 0 saturated carbocycles. The molecule has 0 spiro atoms. The summed E-state index contributed by atoms with van der Waals surface area (Å²) in [4.78, 5) is 11.4. The zero-order valence-electron chi connectivity index (χ0n) is 9.62. The van der Waals surface area contributed by atoms with Gasteiger partial charge in [0.25, 0.3) is 5.91 Å². The maximum atomic E-state index is 11.4. The predicted molar refractivity (Wildman–Crippen MR) is 65.0 cm³/mol. The van der Waals surface area contributed by atoms with Gasteiger partial charge in [-0.2, -0.15) is 5.26 Å². The van der Waals surface area contributed by atoms with Crippen LogP contribution in [-0.4, -0.2) is 24.6 Å². The van der Waals surface area contributed by atoms with Crippen molar-refractivity contribution in [3.05, 3.63) is 35.4 Å². The van der Waals surface area contributed by atoms with Gasteiger partial charge in [-0.3, -0.25) is 4.79 Å². The smallest absolute Gasteiger partial charge is 0.267 e. The Morgan fingerprint density at radius 2 is 2.17 bits per heavy atom. The Labute approximate surface area is 104 Å². The predicted octanol–water partition coefficient (Wildman–Crippen LogP) is 1.14. The summed E-state index contributed by atoms with van der Waals surface area (Å²) in [6.07, 6.45) is 2.21. The van der Waals surface area contributed by atoms with E-state index in [2.05, 4.69) is 10.5 Å². The third-order valence-electron chi connectivity index (χ3n) is 2.05. The number of rotatable bonds is 4. The van der Waals surface area contributed by atoms with Crippen LogP contribution >= 0.6 is 0 Å². The molecular weight excluding hydrogens is 234 g/mol. The SMILES string of the molecule is COc1ccc(/C=C(\C#N)C(=O)N/C=N\O)cc1. The number of hydrogen-bond acceptors (Lipinski definition) is 5. The van der Waals surface area contributed by atoms with E-state index in [0.29, 0.717) is 11.3 Å². The molecule has 0 aromatic heterocycles. The first-order valence-electron chi connectivity index (χ1n) is 4.94. The molecule has 1 aromatic rings. The van der Waals surface area contributed by atoms with E-state index in [-0.39, 0.29) is 5.57 Å². The fourth-order valence-electron chi connectivity index (χ4n) is 1.18. The molecule has 18 heavy (non-hydrogen) atoms. The molecule has 1 aromatic carbocycles. The molecule has 0 bridgehead atoms. The highest BCUT2D eigenvalue weighted by Gasteiger charge is 2.07. The molecule has 6 nitrogen and oxygen atoms in total. The second-order valence-electron chi connectivity index (χ2n) is 3.16. The van der Waals surface area contributed by atoms with Gasteiger partial charge in [-0.05, 0) is 23.8 Å². The van der Waals surface area contributed by atoms with Crippen molar-refractivity contribution < 1.29 is 14.7 Å². The fraction of sp³-hybridized carbons (Fsp3) is 0.0833. The maximum absolute atomic E-state index is 11.4. The van der Waals surface area contributed by atoms with E-state index in [4.69, 9.17) is 15.2 Å². The van der Waals surface area contributed by atoms with E-state index in [9.17, 15) is 4.79 Å². The minimum absolute atomic E-state index is 0.0972. The van der Waals surface area contributed by atoms with Crippen LogP contribution in [0.3, 0.4) is 0 Å². The molecule has 0 atom stereocenters. The number of ether oxygens (including phenoxy) is 1. The van der Waals surface area contributed by atoms with Crippen LogP contribution < -0.4 is 10.1 Å². The Bertz CT molecular complexity index is 512. The van der Waals surface area contributed by atoms with Crippen molar-refractivity contribution in [3.8, 4) is 11.8 Å². The maximum Gasteiger partial charge on any atom is 0.267 e. The lowest BCUT2D eigenvalue weighted by Gasteiger charge is -2.00. The quantitative estimate of drug-likeness (QED) is 0.208. The number of nitrogens with zero attached hydrogens (tertiary/aromatic N) is 2. The lowest BCUT2D eigenvalue weighted by atomic mass is 10.1. The Kier molecular flexibility index (Phi) is 4.94. The number of methoxy groups -OCH3 is 1. The van der Waals surface area contributed by atoms with Crippen LogP contribution in [0.15, 0.2) is 35.0 Å². The summed E-state index contributed by atoms with van der Waals surface area (Å²) in [6.45, 7) is 0. The third-order valence-corrected chi connectivity index (χ3v) is 2.05. The van der Waals surface area contributed by atoms with Crippen LogP contribution in [0.5, 0.6) is 5.75 Å². The van der Waals surface area contributed by atoms with Crippen molar-refractivity contribution in [2.45, 2.75) is 0 Å². The molecule has 2 N–H and O–H groups in total. The van der Waals surface area contributed by atoms with E-state index in [1.165, 1.54) is 6.08 Å². The van der Waals surface area contributed by atoms with E-state index in [0.717, 1.165) is 6.34 Å². The van der Waals surface area contributed by atoms with Gasteiger partial charge in [-0.15, -0.1) is 0 Å². The molecule has 0 heterocycles. The van der Waals surface area contributed by atoms with Gasteiger partial charge >= 0.3 is 0 Å². The highest BCUT2D eigenvalue weighted by Crippen LogP contribution is 2.13. The Hall–Kier alpha value is -2.81. The lowest BCUT2D eigenvalue weighted by Crippen LogP contribution is -2.22. The van der Waals surface area contributed by atoms with Gasteiger partial charge in [0.05, 0.1) is 7.11 Å². The fourth-order valence-corrected chi connectivity index (χ4v) is 1.18. The average molecular weight is 245 g/mol. The van der Waals surface area contributed by atoms with Gasteiger partial charge in [-0.1, -0.05) is 17.3 Å². The first kappa shape index (κ1) is 13.3. The Morgan fingerprint density at radius 1 is 1.50 bits per heavy atom. The van der Waals surface area contributed by atoms with Crippen LogP contribution in [0.4, 0.5) is 0 Å². The minimum atomic E-state index is -0.647. The van der Waals surface area contributed by atoms with Gasteiger partial charge < -0.3 is 15.3 Å². The molecule has 0 aliphatic heterocycles. The summed E-state index contributed by atoms with van der Waals surface area (Å²) >= 11 is 0. The monoisotopic (exact) mass is 245 g/mol. The summed E-state index contributed by atoms with van der Waals surface area (Å²) in [6, 6.07) is 8.62. The van der Waals surface area contributed by atoms with Gasteiger partial charge in [0.2, 0.25) is 0 Å². The number of nitriles is 1. The summed E-state index contributed by atoms with van der Waals surface area (Å²) in [5, 5.41) is 21.7. The molecule has 0 unspecified atom stereocenters. The van der Waals surface area contributed by atoms with Crippen LogP contribution in [0.1, 0.15) is 5.56 Å². The Morgan fingerprint density at radius 3 is 2.67 bits per heavy atom. The number of hydrogen-bond donors (Lipinski definition) is 2. The lowest BCUT2D eigenvalue weighted by molar-refractivity contribution is -0.115. The van der Waals surface area contributed by atoms with Crippen molar-refractivity contribution in [2.75, 3.05) is 7.11 Å². The molecule has 1 amide bonds.